The van der Waals surface area contributed by atoms with Gasteiger partial charge in [-0.1, -0.05) is 52.7 Å². The van der Waals surface area contributed by atoms with Crippen molar-refractivity contribution in [3.8, 4) is 0 Å². The monoisotopic (exact) mass is 282 g/mol. The number of anilines is 1. The molecule has 0 saturated heterocycles. The van der Waals surface area contributed by atoms with E-state index in [1.165, 1.54) is 5.56 Å². The number of nitrogens with one attached hydrogen (secondary N) is 1. The molecule has 0 spiro atoms. The van der Waals surface area contributed by atoms with Crippen LogP contribution in [-0.2, 0) is 16.2 Å². The molecule has 0 saturated carbocycles. The van der Waals surface area contributed by atoms with Crippen LogP contribution in [0.1, 0.15) is 16.7 Å². The lowest BCUT2D eigenvalue weighted by atomic mass is 10.2. The smallest absolute Gasteiger partial charge is 0.270 e. The molecule has 2 aromatic carbocycles. The van der Waals surface area contributed by atoms with Crippen molar-refractivity contribution >= 4 is 17.8 Å². The van der Waals surface area contributed by atoms with E-state index in [9.17, 15) is 4.79 Å². The first-order valence-corrected chi connectivity index (χ1v) is 6.72. The average Bonchev–Trinajstić information content (AvgIpc) is 2.48. The Morgan fingerprint density at radius 1 is 1.05 bits per heavy atom. The molecule has 2 aromatic rings. The normalized spacial score (nSPS) is 10.6. The fraction of sp³-hybridized carbons (Fsp3) is 0.176. The van der Waals surface area contributed by atoms with Crippen molar-refractivity contribution in [1.29, 1.82) is 0 Å². The number of benzene rings is 2. The highest BCUT2D eigenvalue weighted by Crippen LogP contribution is 2.08. The van der Waals surface area contributed by atoms with Crippen LogP contribution in [0.25, 0.3) is 0 Å². The molecule has 1 amide bonds. The topological polar surface area (TPSA) is 50.7 Å². The van der Waals surface area contributed by atoms with Gasteiger partial charge in [0, 0.05) is 5.69 Å². The van der Waals surface area contributed by atoms with Crippen molar-refractivity contribution in [3.63, 3.8) is 0 Å². The fourth-order valence-corrected chi connectivity index (χ4v) is 1.69. The molecule has 21 heavy (non-hydrogen) atoms. The molecule has 0 fully saturated rings. The molecule has 0 unspecified atom stereocenters. The Morgan fingerprint density at radius 3 is 2.24 bits per heavy atom. The predicted molar refractivity (Wildman–Crippen MR) is 84.3 cm³/mol. The molecule has 0 heterocycles. The second-order valence-electron chi connectivity index (χ2n) is 4.85. The minimum atomic E-state index is -0.317. The first-order valence-electron chi connectivity index (χ1n) is 6.72. The summed E-state index contributed by atoms with van der Waals surface area (Å²) < 4.78 is 0. The zero-order chi connectivity index (χ0) is 15.1. The van der Waals surface area contributed by atoms with Crippen LogP contribution >= 0.6 is 0 Å². The molecule has 4 nitrogen and oxygen atoms in total. The number of carbonyl (C=O) groups is 1. The van der Waals surface area contributed by atoms with Crippen LogP contribution in [0.5, 0.6) is 0 Å². The van der Waals surface area contributed by atoms with Gasteiger partial charge in [-0.15, -0.1) is 0 Å². The van der Waals surface area contributed by atoms with Crippen molar-refractivity contribution in [2.75, 3.05) is 5.32 Å². The minimum Gasteiger partial charge on any atom is -0.391 e. The van der Waals surface area contributed by atoms with Crippen molar-refractivity contribution in [1.82, 2.24) is 0 Å². The molecule has 0 atom stereocenters. The molecule has 4 heteroatoms. The lowest BCUT2D eigenvalue weighted by Crippen LogP contribution is -2.12. The summed E-state index contributed by atoms with van der Waals surface area (Å²) in [5.74, 6) is -0.317. The maximum atomic E-state index is 11.6. The fourth-order valence-electron chi connectivity index (χ4n) is 1.69. The average molecular weight is 282 g/mol. The molecule has 1 N–H and O–H groups in total. The summed E-state index contributed by atoms with van der Waals surface area (Å²) in [4.78, 5) is 16.7. The van der Waals surface area contributed by atoms with Crippen LogP contribution in [-0.4, -0.2) is 12.1 Å². The van der Waals surface area contributed by atoms with Crippen molar-refractivity contribution in [2.24, 2.45) is 5.16 Å². The van der Waals surface area contributed by atoms with E-state index in [1.807, 2.05) is 62.4 Å². The third kappa shape index (κ3) is 5.10. The molecule has 0 aliphatic carbocycles. The van der Waals surface area contributed by atoms with Crippen molar-refractivity contribution < 1.29 is 9.63 Å². The van der Waals surface area contributed by atoms with Gasteiger partial charge in [-0.25, -0.2) is 0 Å². The number of carbonyl (C=O) groups excluding carboxylic acids is 1. The first kappa shape index (κ1) is 14.8. The molecular formula is C17H18N2O2. The number of hydrogen-bond donors (Lipinski definition) is 1. The maximum absolute atomic E-state index is 11.6. The van der Waals surface area contributed by atoms with Crippen molar-refractivity contribution in [3.05, 3.63) is 65.2 Å². The van der Waals surface area contributed by atoms with E-state index in [-0.39, 0.29) is 5.91 Å². The number of aryl methyl sites for hydroxylation is 2. The van der Waals surface area contributed by atoms with Gasteiger partial charge < -0.3 is 10.2 Å². The van der Waals surface area contributed by atoms with E-state index in [0.717, 1.165) is 23.0 Å². The Bertz CT molecular complexity index is 616. The summed E-state index contributed by atoms with van der Waals surface area (Å²) in [7, 11) is 0. The predicted octanol–water partition coefficient (Wildman–Crippen LogP) is 3.44. The lowest BCUT2D eigenvalue weighted by molar-refractivity contribution is -0.110. The van der Waals surface area contributed by atoms with E-state index in [2.05, 4.69) is 10.5 Å². The Morgan fingerprint density at radius 2 is 1.62 bits per heavy atom. The van der Waals surface area contributed by atoms with Gasteiger partial charge in [0.25, 0.3) is 5.91 Å². The van der Waals surface area contributed by atoms with Crippen LogP contribution in [0.15, 0.2) is 53.7 Å². The highest BCUT2D eigenvalue weighted by atomic mass is 16.6. The molecule has 0 aliphatic heterocycles. The number of amides is 1. The molecule has 2 rings (SSSR count). The number of oxime groups is 1. The number of nitrogens with zero attached hydrogens (tertiary/aromatic N) is 1. The second kappa shape index (κ2) is 7.24. The summed E-state index contributed by atoms with van der Waals surface area (Å²) in [6, 6.07) is 15.5. The molecule has 0 bridgehead atoms. The summed E-state index contributed by atoms with van der Waals surface area (Å²) in [6.45, 7) is 4.36. The van der Waals surface area contributed by atoms with E-state index < -0.39 is 0 Å². The third-order valence-electron chi connectivity index (χ3n) is 2.92. The van der Waals surface area contributed by atoms with E-state index in [0.29, 0.717) is 6.61 Å². The zero-order valence-electron chi connectivity index (χ0n) is 12.2. The van der Waals surface area contributed by atoms with Crippen LogP contribution in [0.4, 0.5) is 5.69 Å². The van der Waals surface area contributed by atoms with Gasteiger partial charge in [0.2, 0.25) is 0 Å². The Kier molecular flexibility index (Phi) is 5.10. The Labute approximate surface area is 124 Å². The van der Waals surface area contributed by atoms with Crippen LogP contribution in [0.2, 0.25) is 0 Å². The van der Waals surface area contributed by atoms with E-state index in [4.69, 9.17) is 4.84 Å². The highest BCUT2D eigenvalue weighted by molar-refractivity contribution is 6.31. The summed E-state index contributed by atoms with van der Waals surface area (Å²) in [5, 5.41) is 6.37. The van der Waals surface area contributed by atoms with Crippen LogP contribution in [0, 0.1) is 13.8 Å². The molecule has 108 valence electrons. The zero-order valence-corrected chi connectivity index (χ0v) is 12.2. The SMILES string of the molecule is Cc1ccc(CO/N=C\C(=O)Nc2ccc(C)cc2)cc1. The van der Waals surface area contributed by atoms with Gasteiger partial charge >= 0.3 is 0 Å². The van der Waals surface area contributed by atoms with Crippen LogP contribution < -0.4 is 5.32 Å². The molecular weight excluding hydrogens is 264 g/mol. The van der Waals surface area contributed by atoms with Gasteiger partial charge in [0.05, 0.1) is 0 Å². The summed E-state index contributed by atoms with van der Waals surface area (Å²) in [5.41, 5.74) is 4.08. The molecule has 0 radical (unpaired) electrons. The maximum Gasteiger partial charge on any atom is 0.270 e. The number of hydrogen-bond acceptors (Lipinski definition) is 3. The summed E-state index contributed by atoms with van der Waals surface area (Å²) in [6.07, 6.45) is 1.13. The quantitative estimate of drug-likeness (QED) is 0.674. The Balaban J connectivity index is 1.77. The van der Waals surface area contributed by atoms with Gasteiger partial charge in [0.15, 0.2) is 0 Å². The first-order chi connectivity index (χ1) is 10.1. The van der Waals surface area contributed by atoms with Gasteiger partial charge in [-0.05, 0) is 31.5 Å². The van der Waals surface area contributed by atoms with Gasteiger partial charge in [0.1, 0.15) is 12.8 Å². The van der Waals surface area contributed by atoms with Crippen molar-refractivity contribution in [2.45, 2.75) is 20.5 Å². The summed E-state index contributed by atoms with van der Waals surface area (Å²) >= 11 is 0. The third-order valence-corrected chi connectivity index (χ3v) is 2.92. The highest BCUT2D eigenvalue weighted by Gasteiger charge is 1.98. The van der Waals surface area contributed by atoms with E-state index in [1.54, 1.807) is 0 Å². The second-order valence-corrected chi connectivity index (χ2v) is 4.85. The Hall–Kier alpha value is -2.62. The van der Waals surface area contributed by atoms with Gasteiger partial charge in [-0.2, -0.15) is 0 Å². The lowest BCUT2D eigenvalue weighted by Gasteiger charge is -2.02. The minimum absolute atomic E-state index is 0.317. The van der Waals surface area contributed by atoms with Crippen LogP contribution in [0.3, 0.4) is 0 Å². The molecule has 0 aromatic heterocycles. The largest absolute Gasteiger partial charge is 0.391 e. The molecule has 0 aliphatic rings. The van der Waals surface area contributed by atoms with Gasteiger partial charge in [-0.3, -0.25) is 4.79 Å². The number of rotatable bonds is 5. The van der Waals surface area contributed by atoms with E-state index >= 15 is 0 Å². The standard InChI is InChI=1S/C17H18N2O2/c1-13-3-7-15(8-4-13)12-21-18-11-17(20)19-16-9-5-14(2)6-10-16/h3-11H,12H2,1-2H3,(H,19,20)/b18-11-.